The number of amides is 1. The van der Waals surface area contributed by atoms with E-state index >= 15 is 0 Å². The summed E-state index contributed by atoms with van der Waals surface area (Å²) in [5.74, 6) is 0.349. The molecule has 1 N–H and O–H groups in total. The minimum absolute atomic E-state index is 0.349. The third kappa shape index (κ3) is 4.66. The lowest BCUT2D eigenvalue weighted by Crippen LogP contribution is -2.44. The van der Waals surface area contributed by atoms with Crippen molar-refractivity contribution >= 4 is 5.91 Å². The van der Waals surface area contributed by atoms with Gasteiger partial charge in [0.05, 0.1) is 0 Å². The first-order valence-electron chi connectivity index (χ1n) is 7.04. The van der Waals surface area contributed by atoms with Gasteiger partial charge in [0.2, 0.25) is 5.91 Å². The van der Waals surface area contributed by atoms with E-state index in [2.05, 4.69) is 24.1 Å². The number of hydrogen-bond donors (Lipinski definition) is 1. The summed E-state index contributed by atoms with van der Waals surface area (Å²) in [5.41, 5.74) is 0.367. The van der Waals surface area contributed by atoms with Crippen molar-refractivity contribution in [3.63, 3.8) is 0 Å². The van der Waals surface area contributed by atoms with E-state index in [1.54, 1.807) is 0 Å². The van der Waals surface area contributed by atoms with Gasteiger partial charge in [-0.25, -0.2) is 0 Å². The van der Waals surface area contributed by atoms with Crippen LogP contribution in [0.2, 0.25) is 0 Å². The summed E-state index contributed by atoms with van der Waals surface area (Å²) in [7, 11) is 1.93. The van der Waals surface area contributed by atoms with Crippen molar-refractivity contribution < 1.29 is 4.79 Å². The Labute approximate surface area is 106 Å². The molecule has 1 unspecified atom stereocenters. The standard InChI is InChI=1S/C14H28N2O/c1-4-8-14(2)9-6-11-16(12-14)13(17)7-5-10-15-3/h15H,4-12H2,1-3H3. The second-order valence-electron chi connectivity index (χ2n) is 5.69. The molecule has 1 amide bonds. The van der Waals surface area contributed by atoms with Crippen LogP contribution in [0.1, 0.15) is 52.4 Å². The molecule has 0 aromatic carbocycles. The van der Waals surface area contributed by atoms with Crippen molar-refractivity contribution in [1.82, 2.24) is 10.2 Å². The molecule has 3 heteroatoms. The zero-order valence-electron chi connectivity index (χ0n) is 11.7. The molecular weight excluding hydrogens is 212 g/mol. The topological polar surface area (TPSA) is 32.3 Å². The van der Waals surface area contributed by atoms with Crippen LogP contribution in [-0.2, 0) is 4.79 Å². The van der Waals surface area contributed by atoms with Crippen LogP contribution in [0.3, 0.4) is 0 Å². The average Bonchev–Trinajstić information content (AvgIpc) is 2.29. The summed E-state index contributed by atoms with van der Waals surface area (Å²) in [6, 6.07) is 0. The van der Waals surface area contributed by atoms with Crippen molar-refractivity contribution in [2.75, 3.05) is 26.7 Å². The molecule has 0 aliphatic carbocycles. The van der Waals surface area contributed by atoms with Gasteiger partial charge in [0, 0.05) is 19.5 Å². The van der Waals surface area contributed by atoms with Gasteiger partial charge < -0.3 is 10.2 Å². The molecule has 1 rings (SSSR count). The number of nitrogens with one attached hydrogen (secondary N) is 1. The molecular formula is C14H28N2O. The Morgan fingerprint density at radius 2 is 2.24 bits per heavy atom. The lowest BCUT2D eigenvalue weighted by atomic mass is 9.78. The third-order valence-corrected chi connectivity index (χ3v) is 3.80. The number of piperidine rings is 1. The molecule has 0 aromatic rings. The van der Waals surface area contributed by atoms with Gasteiger partial charge in [0.25, 0.3) is 0 Å². The zero-order valence-corrected chi connectivity index (χ0v) is 11.7. The van der Waals surface area contributed by atoms with Gasteiger partial charge in [-0.15, -0.1) is 0 Å². The molecule has 0 aromatic heterocycles. The highest BCUT2D eigenvalue weighted by Crippen LogP contribution is 2.34. The Bertz CT molecular complexity index is 238. The molecule has 0 saturated carbocycles. The molecule has 1 aliphatic heterocycles. The van der Waals surface area contributed by atoms with Gasteiger partial charge >= 0.3 is 0 Å². The predicted molar refractivity (Wildman–Crippen MR) is 72.0 cm³/mol. The third-order valence-electron chi connectivity index (χ3n) is 3.80. The maximum absolute atomic E-state index is 12.1. The molecule has 1 fully saturated rings. The average molecular weight is 240 g/mol. The molecule has 0 spiro atoms. The van der Waals surface area contributed by atoms with Crippen molar-refractivity contribution in [2.24, 2.45) is 5.41 Å². The first-order chi connectivity index (χ1) is 8.11. The van der Waals surface area contributed by atoms with Crippen molar-refractivity contribution in [3.05, 3.63) is 0 Å². The molecule has 0 radical (unpaired) electrons. The summed E-state index contributed by atoms with van der Waals surface area (Å²) < 4.78 is 0. The number of likely N-dealkylation sites (tertiary alicyclic amines) is 1. The van der Waals surface area contributed by atoms with Crippen LogP contribution >= 0.6 is 0 Å². The summed E-state index contributed by atoms with van der Waals surface area (Å²) in [4.78, 5) is 14.2. The van der Waals surface area contributed by atoms with E-state index in [0.29, 0.717) is 17.7 Å². The fourth-order valence-electron chi connectivity index (χ4n) is 2.91. The number of hydrogen-bond acceptors (Lipinski definition) is 2. The van der Waals surface area contributed by atoms with Gasteiger partial charge in [0.15, 0.2) is 0 Å². The normalized spacial score (nSPS) is 25.0. The molecule has 17 heavy (non-hydrogen) atoms. The zero-order chi connectivity index (χ0) is 12.7. The van der Waals surface area contributed by atoms with Gasteiger partial charge in [-0.3, -0.25) is 4.79 Å². The Hall–Kier alpha value is -0.570. The summed E-state index contributed by atoms with van der Waals surface area (Å²) >= 11 is 0. The highest BCUT2D eigenvalue weighted by atomic mass is 16.2. The van der Waals surface area contributed by atoms with Gasteiger partial charge in [-0.2, -0.15) is 0 Å². The Balaban J connectivity index is 2.40. The number of nitrogens with zero attached hydrogens (tertiary/aromatic N) is 1. The second kappa shape index (κ2) is 7.00. The van der Waals surface area contributed by atoms with E-state index in [9.17, 15) is 4.79 Å². The Morgan fingerprint density at radius 3 is 2.88 bits per heavy atom. The first kappa shape index (κ1) is 14.5. The second-order valence-corrected chi connectivity index (χ2v) is 5.69. The Kier molecular flexibility index (Phi) is 5.96. The van der Waals surface area contributed by atoms with Crippen LogP contribution in [0.15, 0.2) is 0 Å². The number of carbonyl (C=O) groups is 1. The predicted octanol–water partition coefficient (Wildman–Crippen LogP) is 2.41. The van der Waals surface area contributed by atoms with Crippen molar-refractivity contribution in [2.45, 2.75) is 52.4 Å². The summed E-state index contributed by atoms with van der Waals surface area (Å²) in [6.07, 6.45) is 6.57. The monoisotopic (exact) mass is 240 g/mol. The SMILES string of the molecule is CCCC1(C)CCCN(C(=O)CCCNC)C1. The highest BCUT2D eigenvalue weighted by molar-refractivity contribution is 5.76. The molecule has 1 aliphatic rings. The molecule has 1 heterocycles. The minimum atomic E-state index is 0.349. The quantitative estimate of drug-likeness (QED) is 0.723. The lowest BCUT2D eigenvalue weighted by molar-refractivity contribution is -0.134. The van der Waals surface area contributed by atoms with Crippen molar-refractivity contribution in [3.8, 4) is 0 Å². The highest BCUT2D eigenvalue weighted by Gasteiger charge is 2.31. The smallest absolute Gasteiger partial charge is 0.222 e. The van der Waals surface area contributed by atoms with E-state index in [-0.39, 0.29) is 0 Å². The van der Waals surface area contributed by atoms with Crippen LogP contribution in [0, 0.1) is 5.41 Å². The summed E-state index contributed by atoms with van der Waals surface area (Å²) in [5, 5.41) is 3.09. The fraction of sp³-hybridized carbons (Fsp3) is 0.929. The lowest BCUT2D eigenvalue weighted by Gasteiger charge is -2.40. The van der Waals surface area contributed by atoms with Gasteiger partial charge in [0.1, 0.15) is 0 Å². The number of carbonyl (C=O) groups excluding carboxylic acids is 1. The maximum Gasteiger partial charge on any atom is 0.222 e. The largest absolute Gasteiger partial charge is 0.342 e. The van der Waals surface area contributed by atoms with Crippen LogP contribution < -0.4 is 5.32 Å². The fourth-order valence-corrected chi connectivity index (χ4v) is 2.91. The molecule has 3 nitrogen and oxygen atoms in total. The minimum Gasteiger partial charge on any atom is -0.342 e. The Morgan fingerprint density at radius 1 is 1.47 bits per heavy atom. The van der Waals surface area contributed by atoms with Gasteiger partial charge in [-0.05, 0) is 44.7 Å². The van der Waals surface area contributed by atoms with Crippen LogP contribution in [0.4, 0.5) is 0 Å². The molecule has 1 saturated heterocycles. The van der Waals surface area contributed by atoms with E-state index in [0.717, 1.165) is 26.1 Å². The van der Waals surface area contributed by atoms with Crippen LogP contribution in [0.5, 0.6) is 0 Å². The first-order valence-corrected chi connectivity index (χ1v) is 7.04. The molecule has 0 bridgehead atoms. The van der Waals surface area contributed by atoms with Crippen molar-refractivity contribution in [1.29, 1.82) is 0 Å². The molecule has 1 atom stereocenters. The van der Waals surface area contributed by atoms with E-state index in [1.165, 1.54) is 25.7 Å². The van der Waals surface area contributed by atoms with Crippen LogP contribution in [0.25, 0.3) is 0 Å². The maximum atomic E-state index is 12.1. The van der Waals surface area contributed by atoms with Gasteiger partial charge in [-0.1, -0.05) is 20.3 Å². The summed E-state index contributed by atoms with van der Waals surface area (Å²) in [6.45, 7) is 7.45. The van der Waals surface area contributed by atoms with E-state index < -0.39 is 0 Å². The van der Waals surface area contributed by atoms with Crippen LogP contribution in [-0.4, -0.2) is 37.5 Å². The van der Waals surface area contributed by atoms with E-state index in [4.69, 9.17) is 0 Å². The number of rotatable bonds is 6. The van der Waals surface area contributed by atoms with E-state index in [1.807, 2.05) is 7.05 Å². The molecule has 100 valence electrons.